The fourth-order valence-corrected chi connectivity index (χ4v) is 2.69. The molecule has 19 heavy (non-hydrogen) atoms. The van der Waals surface area contributed by atoms with Gasteiger partial charge in [0, 0.05) is 13.0 Å². The number of hydrogen-bond donors (Lipinski definition) is 1. The van der Waals surface area contributed by atoms with Crippen LogP contribution < -0.4 is 10.5 Å². The molecule has 1 aliphatic rings. The first-order valence-electron chi connectivity index (χ1n) is 7.34. The van der Waals surface area contributed by atoms with Crippen LogP contribution in [0.15, 0.2) is 18.2 Å². The molecule has 3 heteroatoms. The van der Waals surface area contributed by atoms with E-state index >= 15 is 0 Å². The molecule has 1 aromatic rings. The fraction of sp³-hybridized carbons (Fsp3) is 0.625. The van der Waals surface area contributed by atoms with Gasteiger partial charge in [0.1, 0.15) is 11.9 Å². The van der Waals surface area contributed by atoms with Crippen LogP contribution in [0, 0.1) is 6.92 Å². The maximum absolute atomic E-state index is 6.00. The molecule has 3 nitrogen and oxygen atoms in total. The molecule has 106 valence electrons. The minimum absolute atomic E-state index is 0.316. The Morgan fingerprint density at radius 1 is 1.32 bits per heavy atom. The van der Waals surface area contributed by atoms with Crippen LogP contribution in [-0.2, 0) is 6.42 Å². The van der Waals surface area contributed by atoms with E-state index in [0.717, 1.165) is 38.2 Å². The second kappa shape index (κ2) is 6.92. The van der Waals surface area contributed by atoms with Crippen LogP contribution in [0.25, 0.3) is 0 Å². The summed E-state index contributed by atoms with van der Waals surface area (Å²) in [6.07, 6.45) is 4.96. The van der Waals surface area contributed by atoms with E-state index in [4.69, 9.17) is 10.5 Å². The van der Waals surface area contributed by atoms with E-state index in [0.29, 0.717) is 6.10 Å². The van der Waals surface area contributed by atoms with Gasteiger partial charge in [-0.1, -0.05) is 24.1 Å². The molecular weight excluding hydrogens is 236 g/mol. The van der Waals surface area contributed by atoms with Gasteiger partial charge in [0.25, 0.3) is 0 Å². The SMILES string of the molecule is Cc1ccc2c(c1)CC(CN(C)CCCCCN)O2. The van der Waals surface area contributed by atoms with Crippen molar-refractivity contribution in [2.24, 2.45) is 5.73 Å². The number of hydrogen-bond acceptors (Lipinski definition) is 3. The van der Waals surface area contributed by atoms with Crippen LogP contribution >= 0.6 is 0 Å². The molecule has 0 fully saturated rings. The highest BCUT2D eigenvalue weighted by Crippen LogP contribution is 2.29. The topological polar surface area (TPSA) is 38.5 Å². The molecule has 1 aliphatic heterocycles. The highest BCUT2D eigenvalue weighted by atomic mass is 16.5. The van der Waals surface area contributed by atoms with Crippen LogP contribution in [0.3, 0.4) is 0 Å². The van der Waals surface area contributed by atoms with Gasteiger partial charge in [-0.15, -0.1) is 0 Å². The number of rotatable bonds is 7. The summed E-state index contributed by atoms with van der Waals surface area (Å²) in [6.45, 7) is 5.09. The van der Waals surface area contributed by atoms with Crippen LogP contribution in [-0.4, -0.2) is 37.7 Å². The molecule has 0 spiro atoms. The van der Waals surface area contributed by atoms with E-state index in [2.05, 4.69) is 37.1 Å². The van der Waals surface area contributed by atoms with Gasteiger partial charge in [-0.3, -0.25) is 0 Å². The van der Waals surface area contributed by atoms with Crippen molar-refractivity contribution in [2.45, 2.75) is 38.7 Å². The Bertz CT molecular complexity index is 406. The highest BCUT2D eigenvalue weighted by Gasteiger charge is 2.23. The van der Waals surface area contributed by atoms with Gasteiger partial charge in [0.2, 0.25) is 0 Å². The van der Waals surface area contributed by atoms with E-state index in [1.807, 2.05) is 0 Å². The summed E-state index contributed by atoms with van der Waals surface area (Å²) >= 11 is 0. The number of benzene rings is 1. The zero-order valence-corrected chi connectivity index (χ0v) is 12.2. The number of ether oxygens (including phenoxy) is 1. The molecule has 1 atom stereocenters. The first kappa shape index (κ1) is 14.4. The van der Waals surface area contributed by atoms with E-state index in [-0.39, 0.29) is 0 Å². The second-order valence-corrected chi connectivity index (χ2v) is 5.67. The summed E-state index contributed by atoms with van der Waals surface area (Å²) in [5, 5.41) is 0. The molecule has 0 aliphatic carbocycles. The third-order valence-corrected chi connectivity index (χ3v) is 3.72. The lowest BCUT2D eigenvalue weighted by Crippen LogP contribution is -2.32. The van der Waals surface area contributed by atoms with Crippen LogP contribution in [0.2, 0.25) is 0 Å². The Balaban J connectivity index is 1.74. The van der Waals surface area contributed by atoms with Crippen LogP contribution in [0.4, 0.5) is 0 Å². The Labute approximate surface area is 116 Å². The second-order valence-electron chi connectivity index (χ2n) is 5.67. The lowest BCUT2D eigenvalue weighted by atomic mass is 10.1. The quantitative estimate of drug-likeness (QED) is 0.767. The maximum atomic E-state index is 6.00. The lowest BCUT2D eigenvalue weighted by Gasteiger charge is -2.20. The average molecular weight is 262 g/mol. The van der Waals surface area contributed by atoms with Crippen LogP contribution in [0.1, 0.15) is 30.4 Å². The molecule has 1 heterocycles. The highest BCUT2D eigenvalue weighted by molar-refractivity contribution is 5.40. The van der Waals surface area contributed by atoms with Gasteiger partial charge in [-0.2, -0.15) is 0 Å². The summed E-state index contributed by atoms with van der Waals surface area (Å²) in [5.41, 5.74) is 8.18. The number of aryl methyl sites for hydroxylation is 1. The molecule has 0 amide bonds. The third kappa shape index (κ3) is 4.22. The predicted molar refractivity (Wildman–Crippen MR) is 79.7 cm³/mol. The van der Waals surface area contributed by atoms with Crippen molar-refractivity contribution in [2.75, 3.05) is 26.7 Å². The van der Waals surface area contributed by atoms with Crippen molar-refractivity contribution in [3.8, 4) is 5.75 Å². The number of fused-ring (bicyclic) bond motifs is 1. The average Bonchev–Trinajstić information content (AvgIpc) is 2.76. The summed E-state index contributed by atoms with van der Waals surface area (Å²) in [5.74, 6) is 1.08. The minimum Gasteiger partial charge on any atom is -0.488 e. The number of likely N-dealkylation sites (N-methyl/N-ethyl adjacent to an activating group) is 1. The van der Waals surface area contributed by atoms with Gasteiger partial charge in [-0.25, -0.2) is 0 Å². The monoisotopic (exact) mass is 262 g/mol. The first-order chi connectivity index (χ1) is 9.19. The molecule has 1 aromatic carbocycles. The molecule has 0 radical (unpaired) electrons. The normalized spacial score (nSPS) is 17.6. The first-order valence-corrected chi connectivity index (χ1v) is 7.34. The van der Waals surface area contributed by atoms with E-state index < -0.39 is 0 Å². The van der Waals surface area contributed by atoms with Gasteiger partial charge in [-0.05, 0) is 51.5 Å². The summed E-state index contributed by atoms with van der Waals surface area (Å²) < 4.78 is 6.00. The van der Waals surface area contributed by atoms with Gasteiger partial charge in [0.15, 0.2) is 0 Å². The Kier molecular flexibility index (Phi) is 5.23. The molecule has 0 saturated heterocycles. The van der Waals surface area contributed by atoms with Gasteiger partial charge in [0.05, 0.1) is 0 Å². The zero-order chi connectivity index (χ0) is 13.7. The molecule has 2 rings (SSSR count). The summed E-state index contributed by atoms with van der Waals surface area (Å²) in [4.78, 5) is 2.37. The van der Waals surface area contributed by atoms with Crippen molar-refractivity contribution in [3.05, 3.63) is 29.3 Å². The van der Waals surface area contributed by atoms with Gasteiger partial charge >= 0.3 is 0 Å². The summed E-state index contributed by atoms with van der Waals surface area (Å²) in [7, 11) is 2.18. The number of nitrogens with zero attached hydrogens (tertiary/aromatic N) is 1. The standard InChI is InChI=1S/C16H26N2O/c1-13-6-7-16-14(10-13)11-15(19-16)12-18(2)9-5-3-4-8-17/h6-7,10,15H,3-5,8-9,11-12,17H2,1-2H3. The zero-order valence-electron chi connectivity index (χ0n) is 12.2. The maximum Gasteiger partial charge on any atom is 0.123 e. The Hall–Kier alpha value is -1.06. The minimum atomic E-state index is 0.316. The lowest BCUT2D eigenvalue weighted by molar-refractivity contribution is 0.167. The molecule has 1 unspecified atom stereocenters. The molecule has 0 bridgehead atoms. The molecule has 0 aromatic heterocycles. The number of unbranched alkanes of at least 4 members (excludes halogenated alkanes) is 2. The van der Waals surface area contributed by atoms with Crippen molar-refractivity contribution < 1.29 is 4.74 Å². The van der Waals surface area contributed by atoms with Crippen LogP contribution in [0.5, 0.6) is 5.75 Å². The van der Waals surface area contributed by atoms with E-state index in [1.165, 1.54) is 24.0 Å². The Morgan fingerprint density at radius 3 is 2.95 bits per heavy atom. The van der Waals surface area contributed by atoms with Crippen molar-refractivity contribution in [1.82, 2.24) is 4.90 Å². The van der Waals surface area contributed by atoms with E-state index in [1.54, 1.807) is 0 Å². The molecular formula is C16H26N2O. The van der Waals surface area contributed by atoms with Crippen molar-refractivity contribution in [1.29, 1.82) is 0 Å². The molecule has 2 N–H and O–H groups in total. The van der Waals surface area contributed by atoms with E-state index in [9.17, 15) is 0 Å². The number of nitrogens with two attached hydrogens (primary N) is 1. The third-order valence-electron chi connectivity index (χ3n) is 3.72. The fourth-order valence-electron chi connectivity index (χ4n) is 2.69. The smallest absolute Gasteiger partial charge is 0.123 e. The summed E-state index contributed by atoms with van der Waals surface area (Å²) in [6, 6.07) is 6.47. The predicted octanol–water partition coefficient (Wildman–Crippen LogP) is 2.36. The van der Waals surface area contributed by atoms with Crippen molar-refractivity contribution >= 4 is 0 Å². The largest absolute Gasteiger partial charge is 0.488 e. The van der Waals surface area contributed by atoms with Gasteiger partial charge < -0.3 is 15.4 Å². The van der Waals surface area contributed by atoms with Crippen molar-refractivity contribution in [3.63, 3.8) is 0 Å². The molecule has 0 saturated carbocycles. The Morgan fingerprint density at radius 2 is 2.16 bits per heavy atom.